The standard InChI is InChI=1S/C51H35N5/c1-5-17-34(18-6-1)48-53-49(35-19-7-2-8-20-35)55-50(54-48)36-29-30-47(52-33-36)56-45-28-16-14-26-40(45)42-31-41-39-25-13-15-27-43(39)51(44(41)32-46(42)56,37-21-9-3-10-22-37)38-23-11-4-12-24-38/h1-33,50H,(H,53,54,55). The number of fused-ring (bicyclic) bond motifs is 6. The first kappa shape index (κ1) is 32.1. The maximum absolute atomic E-state index is 5.18. The van der Waals surface area contributed by atoms with Crippen LogP contribution in [0.3, 0.4) is 0 Å². The molecule has 0 spiro atoms. The lowest BCUT2D eigenvalue weighted by Gasteiger charge is -2.34. The van der Waals surface area contributed by atoms with Crippen molar-refractivity contribution < 1.29 is 0 Å². The lowest BCUT2D eigenvalue weighted by Crippen LogP contribution is -2.36. The number of nitrogens with zero attached hydrogens (tertiary/aromatic N) is 4. The van der Waals surface area contributed by atoms with E-state index >= 15 is 0 Å². The average Bonchev–Trinajstić information content (AvgIpc) is 3.76. The first-order chi connectivity index (χ1) is 27.8. The van der Waals surface area contributed by atoms with E-state index in [4.69, 9.17) is 15.0 Å². The Kier molecular flexibility index (Phi) is 7.39. The summed E-state index contributed by atoms with van der Waals surface area (Å²) < 4.78 is 2.32. The predicted molar refractivity (Wildman–Crippen MR) is 228 cm³/mol. The van der Waals surface area contributed by atoms with Crippen molar-refractivity contribution in [3.05, 3.63) is 239 Å². The van der Waals surface area contributed by atoms with Gasteiger partial charge in [0.2, 0.25) is 0 Å². The molecular formula is C51H35N5. The van der Waals surface area contributed by atoms with Gasteiger partial charge in [-0.3, -0.25) is 4.57 Å². The smallest absolute Gasteiger partial charge is 0.171 e. The minimum Gasteiger partial charge on any atom is -0.324 e. The molecule has 1 N–H and O–H groups in total. The molecule has 1 aliphatic heterocycles. The summed E-state index contributed by atoms with van der Waals surface area (Å²) in [6.45, 7) is 0. The molecule has 264 valence electrons. The molecule has 0 saturated heterocycles. The highest BCUT2D eigenvalue weighted by molar-refractivity contribution is 6.16. The molecule has 5 heteroatoms. The zero-order valence-corrected chi connectivity index (χ0v) is 30.4. The average molecular weight is 718 g/mol. The number of para-hydroxylation sites is 1. The zero-order chi connectivity index (χ0) is 37.1. The fraction of sp³-hybridized carbons (Fsp3) is 0.0392. The molecule has 0 atom stereocenters. The van der Waals surface area contributed by atoms with E-state index in [1.807, 2.05) is 42.6 Å². The monoisotopic (exact) mass is 717 g/mol. The minimum absolute atomic E-state index is 0.458. The van der Waals surface area contributed by atoms with E-state index in [9.17, 15) is 0 Å². The lowest BCUT2D eigenvalue weighted by atomic mass is 9.67. The van der Waals surface area contributed by atoms with Gasteiger partial charge in [-0.25, -0.2) is 15.0 Å². The Morgan fingerprint density at radius 3 is 1.66 bits per heavy atom. The van der Waals surface area contributed by atoms with Crippen molar-refractivity contribution in [3.8, 4) is 16.9 Å². The first-order valence-electron chi connectivity index (χ1n) is 19.1. The molecule has 0 bridgehead atoms. The second kappa shape index (κ2) is 12.9. The number of aromatic nitrogens is 2. The summed E-state index contributed by atoms with van der Waals surface area (Å²) in [4.78, 5) is 15.4. The van der Waals surface area contributed by atoms with Crippen LogP contribution in [0, 0.1) is 0 Å². The van der Waals surface area contributed by atoms with Gasteiger partial charge in [0.25, 0.3) is 0 Å². The second-order valence-electron chi connectivity index (χ2n) is 14.4. The van der Waals surface area contributed by atoms with Gasteiger partial charge in [-0.2, -0.15) is 0 Å². The highest BCUT2D eigenvalue weighted by atomic mass is 15.2. The maximum Gasteiger partial charge on any atom is 0.171 e. The Hall–Kier alpha value is -7.37. The summed E-state index contributed by atoms with van der Waals surface area (Å²) in [6, 6.07) is 69.0. The molecule has 0 fully saturated rings. The number of hydrogen-bond acceptors (Lipinski definition) is 4. The Labute approximate surface area is 325 Å². The number of benzene rings is 7. The molecule has 11 rings (SSSR count). The van der Waals surface area contributed by atoms with Crippen molar-refractivity contribution in [2.75, 3.05) is 0 Å². The molecule has 2 aliphatic rings. The Morgan fingerprint density at radius 1 is 0.464 bits per heavy atom. The van der Waals surface area contributed by atoms with Crippen LogP contribution in [0.2, 0.25) is 0 Å². The highest BCUT2D eigenvalue weighted by Crippen LogP contribution is 2.57. The topological polar surface area (TPSA) is 54.6 Å². The molecule has 0 unspecified atom stereocenters. The summed E-state index contributed by atoms with van der Waals surface area (Å²) in [5.41, 5.74) is 12.2. The molecule has 0 radical (unpaired) electrons. The Balaban J connectivity index is 1.10. The van der Waals surface area contributed by atoms with E-state index < -0.39 is 11.6 Å². The van der Waals surface area contributed by atoms with Gasteiger partial charge < -0.3 is 5.32 Å². The quantitative estimate of drug-likeness (QED) is 0.186. The van der Waals surface area contributed by atoms with Crippen molar-refractivity contribution in [1.29, 1.82) is 0 Å². The molecule has 1 aliphatic carbocycles. The number of rotatable bonds is 6. The maximum atomic E-state index is 5.18. The van der Waals surface area contributed by atoms with Crippen LogP contribution >= 0.6 is 0 Å². The van der Waals surface area contributed by atoms with Crippen molar-refractivity contribution in [1.82, 2.24) is 14.9 Å². The summed E-state index contributed by atoms with van der Waals surface area (Å²) >= 11 is 0. The van der Waals surface area contributed by atoms with Gasteiger partial charge >= 0.3 is 0 Å². The van der Waals surface area contributed by atoms with E-state index in [0.717, 1.165) is 45.2 Å². The van der Waals surface area contributed by atoms with Crippen LogP contribution in [0.25, 0.3) is 38.8 Å². The van der Waals surface area contributed by atoms with E-state index in [0.29, 0.717) is 0 Å². The third-order valence-electron chi connectivity index (χ3n) is 11.4. The highest BCUT2D eigenvalue weighted by Gasteiger charge is 2.46. The third-order valence-corrected chi connectivity index (χ3v) is 11.4. The molecule has 2 aromatic heterocycles. The molecule has 5 nitrogen and oxygen atoms in total. The van der Waals surface area contributed by atoms with Gasteiger partial charge in [0, 0.05) is 33.7 Å². The van der Waals surface area contributed by atoms with Crippen LogP contribution in [-0.2, 0) is 5.41 Å². The van der Waals surface area contributed by atoms with E-state index in [1.165, 1.54) is 44.2 Å². The number of nitrogens with one attached hydrogen (secondary N) is 1. The van der Waals surface area contributed by atoms with Crippen LogP contribution < -0.4 is 5.32 Å². The molecule has 0 amide bonds. The van der Waals surface area contributed by atoms with Crippen LogP contribution in [0.4, 0.5) is 0 Å². The predicted octanol–water partition coefficient (Wildman–Crippen LogP) is 11.0. The van der Waals surface area contributed by atoms with Crippen molar-refractivity contribution in [3.63, 3.8) is 0 Å². The summed E-state index contributed by atoms with van der Waals surface area (Å²) in [7, 11) is 0. The number of pyridine rings is 1. The van der Waals surface area contributed by atoms with E-state index in [2.05, 4.69) is 168 Å². The van der Waals surface area contributed by atoms with Crippen molar-refractivity contribution in [2.24, 2.45) is 9.98 Å². The molecule has 3 heterocycles. The number of amidine groups is 2. The minimum atomic E-state index is -0.501. The first-order valence-corrected chi connectivity index (χ1v) is 19.1. The molecule has 9 aromatic rings. The van der Waals surface area contributed by atoms with E-state index in [-0.39, 0.29) is 0 Å². The summed E-state index contributed by atoms with van der Waals surface area (Å²) in [6.07, 6.45) is 1.48. The SMILES string of the molecule is c1ccc(C2=NC(c3ccc(-n4c5ccccc5c5cc6c(cc54)C(c4ccccc4)(c4ccccc4)c4ccccc4-6)nc3)N=C(c3ccccc3)N2)cc1. The van der Waals surface area contributed by atoms with Gasteiger partial charge in [-0.1, -0.05) is 164 Å². The largest absolute Gasteiger partial charge is 0.324 e. The number of aliphatic imine (C=N–C) groups is 2. The van der Waals surface area contributed by atoms with Crippen molar-refractivity contribution >= 4 is 33.5 Å². The molecule has 56 heavy (non-hydrogen) atoms. The molecule has 0 saturated carbocycles. The van der Waals surface area contributed by atoms with Gasteiger partial charge in [0.1, 0.15) is 17.5 Å². The second-order valence-corrected chi connectivity index (χ2v) is 14.4. The van der Waals surface area contributed by atoms with Crippen molar-refractivity contribution in [2.45, 2.75) is 11.6 Å². The fourth-order valence-electron chi connectivity index (χ4n) is 8.92. The number of hydrogen-bond donors (Lipinski definition) is 1. The molecular weight excluding hydrogens is 683 g/mol. The Bertz CT molecular complexity index is 2870. The van der Waals surface area contributed by atoms with Gasteiger partial charge in [-0.15, -0.1) is 0 Å². The summed E-state index contributed by atoms with van der Waals surface area (Å²) in [5.74, 6) is 2.41. The van der Waals surface area contributed by atoms with Gasteiger partial charge in [0.05, 0.1) is 16.4 Å². The third kappa shape index (κ3) is 4.91. The van der Waals surface area contributed by atoms with E-state index in [1.54, 1.807) is 0 Å². The Morgan fingerprint density at radius 2 is 1.04 bits per heavy atom. The fourth-order valence-corrected chi connectivity index (χ4v) is 8.92. The van der Waals surface area contributed by atoms with Gasteiger partial charge in [-0.05, 0) is 63.7 Å². The summed E-state index contributed by atoms with van der Waals surface area (Å²) in [5, 5.41) is 5.88. The van der Waals surface area contributed by atoms with Gasteiger partial charge in [0.15, 0.2) is 6.17 Å². The normalized spacial score (nSPS) is 14.5. The van der Waals surface area contributed by atoms with Crippen LogP contribution in [-0.4, -0.2) is 21.2 Å². The van der Waals surface area contributed by atoms with Crippen LogP contribution in [0.15, 0.2) is 210 Å². The van der Waals surface area contributed by atoms with Crippen LogP contribution in [0.5, 0.6) is 0 Å². The zero-order valence-electron chi connectivity index (χ0n) is 30.4. The molecule has 7 aromatic carbocycles. The van der Waals surface area contributed by atoms with Crippen LogP contribution in [0.1, 0.15) is 45.1 Å². The lowest BCUT2D eigenvalue weighted by molar-refractivity contribution is 0.750.